The summed E-state index contributed by atoms with van der Waals surface area (Å²) in [4.78, 5) is 10.1. The molecule has 1 rings (SSSR count). The molecular weight excluding hydrogens is 200 g/mol. The fraction of sp³-hybridized carbons (Fsp3) is 0.500. The molecular formula is C6H8O4S2. The van der Waals surface area contributed by atoms with Crippen molar-refractivity contribution in [3.8, 4) is 0 Å². The molecule has 6 heteroatoms. The van der Waals surface area contributed by atoms with Gasteiger partial charge in [-0.2, -0.15) is 0 Å². The zero-order valence-electron chi connectivity index (χ0n) is 6.13. The maximum absolute atomic E-state index is 10.8. The molecule has 1 N–H and O–H groups in total. The van der Waals surface area contributed by atoms with Gasteiger partial charge in [-0.3, -0.25) is 4.79 Å². The summed E-state index contributed by atoms with van der Waals surface area (Å²) in [6.45, 7) is 0. The van der Waals surface area contributed by atoms with E-state index in [1.165, 1.54) is 6.08 Å². The number of carboxylic acid groups (broad SMARTS) is 1. The average Bonchev–Trinajstić information content (AvgIpc) is 2.26. The summed E-state index contributed by atoms with van der Waals surface area (Å²) in [5, 5.41) is 9.27. The second kappa shape index (κ2) is 3.49. The summed E-state index contributed by atoms with van der Waals surface area (Å²) in [6.07, 6.45) is 1.53. The van der Waals surface area contributed by atoms with Gasteiger partial charge in [-0.05, 0) is 0 Å². The Morgan fingerprint density at radius 3 is 2.75 bits per heavy atom. The van der Waals surface area contributed by atoms with Gasteiger partial charge < -0.3 is 5.11 Å². The Morgan fingerprint density at radius 2 is 2.33 bits per heavy atom. The minimum absolute atomic E-state index is 0.0327. The van der Waals surface area contributed by atoms with E-state index >= 15 is 0 Å². The van der Waals surface area contributed by atoms with Crippen molar-refractivity contribution in [3.63, 3.8) is 0 Å². The lowest BCUT2D eigenvalue weighted by Crippen LogP contribution is -2.10. The monoisotopic (exact) mass is 208 g/mol. The van der Waals surface area contributed by atoms with Gasteiger partial charge in [-0.15, -0.1) is 11.8 Å². The molecule has 0 unspecified atom stereocenters. The van der Waals surface area contributed by atoms with Crippen molar-refractivity contribution in [1.29, 1.82) is 0 Å². The molecule has 0 fully saturated rings. The zero-order valence-corrected chi connectivity index (χ0v) is 7.77. The normalized spacial score (nSPS) is 25.8. The quantitative estimate of drug-likeness (QED) is 0.713. The summed E-state index contributed by atoms with van der Waals surface area (Å²) in [7, 11) is -3.04. The largest absolute Gasteiger partial charge is 0.481 e. The minimum Gasteiger partial charge on any atom is -0.481 e. The molecule has 1 heterocycles. The van der Waals surface area contributed by atoms with Crippen LogP contribution in [0.15, 0.2) is 11.5 Å². The lowest BCUT2D eigenvalue weighted by molar-refractivity contribution is -0.133. The van der Waals surface area contributed by atoms with E-state index in [1.54, 1.807) is 0 Å². The van der Waals surface area contributed by atoms with Crippen LogP contribution in [0.2, 0.25) is 0 Å². The lowest BCUT2D eigenvalue weighted by Gasteiger charge is -2.02. The minimum atomic E-state index is -3.04. The Labute approximate surface area is 74.6 Å². The van der Waals surface area contributed by atoms with Crippen LogP contribution < -0.4 is 0 Å². The smallest absolute Gasteiger partial charge is 0.313 e. The standard InChI is InChI=1S/C6H8O4S2/c7-6(8)3-11-5-1-2-12(9,10)4-5/h1-2,5H,3-4H2,(H,7,8)/t5-/m1/s1. The first-order chi connectivity index (χ1) is 5.49. The Morgan fingerprint density at radius 1 is 1.67 bits per heavy atom. The molecule has 0 radical (unpaired) electrons. The number of sulfone groups is 1. The average molecular weight is 208 g/mol. The van der Waals surface area contributed by atoms with Gasteiger partial charge in [0.25, 0.3) is 0 Å². The van der Waals surface area contributed by atoms with E-state index in [9.17, 15) is 13.2 Å². The van der Waals surface area contributed by atoms with Gasteiger partial charge in [-0.25, -0.2) is 8.42 Å². The Bertz CT molecular complexity index is 304. The van der Waals surface area contributed by atoms with Crippen molar-refractivity contribution in [3.05, 3.63) is 11.5 Å². The van der Waals surface area contributed by atoms with Crippen molar-refractivity contribution < 1.29 is 18.3 Å². The SMILES string of the molecule is O=C(O)CS[C@@H]1C=CS(=O)(=O)C1. The first-order valence-corrected chi connectivity index (χ1v) is 6.00. The molecule has 68 valence electrons. The summed E-state index contributed by atoms with van der Waals surface area (Å²) >= 11 is 1.13. The van der Waals surface area contributed by atoms with Crippen molar-refractivity contribution in [1.82, 2.24) is 0 Å². The van der Waals surface area contributed by atoms with Crippen LogP contribution in [0.4, 0.5) is 0 Å². The van der Waals surface area contributed by atoms with Crippen LogP contribution in [0.3, 0.4) is 0 Å². The molecule has 0 amide bonds. The molecule has 0 aromatic carbocycles. The predicted molar refractivity (Wildman–Crippen MR) is 46.8 cm³/mol. The number of carbonyl (C=O) groups is 1. The van der Waals surface area contributed by atoms with Gasteiger partial charge in [0.05, 0.1) is 11.5 Å². The van der Waals surface area contributed by atoms with E-state index in [0.29, 0.717) is 0 Å². The van der Waals surface area contributed by atoms with E-state index in [1.807, 2.05) is 0 Å². The molecule has 0 saturated carbocycles. The lowest BCUT2D eigenvalue weighted by atomic mass is 10.5. The first-order valence-electron chi connectivity index (χ1n) is 3.24. The predicted octanol–water partition coefficient (Wildman–Crippen LogP) is 0.115. The van der Waals surface area contributed by atoms with E-state index in [0.717, 1.165) is 17.2 Å². The van der Waals surface area contributed by atoms with E-state index < -0.39 is 15.8 Å². The third-order valence-corrected chi connectivity index (χ3v) is 4.09. The van der Waals surface area contributed by atoms with E-state index in [4.69, 9.17) is 5.11 Å². The first kappa shape index (κ1) is 9.60. The number of carboxylic acids is 1. The van der Waals surface area contributed by atoms with Gasteiger partial charge >= 0.3 is 5.97 Å². The van der Waals surface area contributed by atoms with Crippen LogP contribution in [-0.4, -0.2) is 36.2 Å². The molecule has 0 aliphatic carbocycles. The van der Waals surface area contributed by atoms with Crippen LogP contribution >= 0.6 is 11.8 Å². The number of rotatable bonds is 3. The fourth-order valence-electron chi connectivity index (χ4n) is 0.829. The van der Waals surface area contributed by atoms with Gasteiger partial charge in [0.15, 0.2) is 9.84 Å². The second-order valence-electron chi connectivity index (χ2n) is 2.40. The van der Waals surface area contributed by atoms with Crippen molar-refractivity contribution in [2.75, 3.05) is 11.5 Å². The van der Waals surface area contributed by atoms with Crippen LogP contribution in [-0.2, 0) is 14.6 Å². The summed E-state index contributed by atoms with van der Waals surface area (Å²) in [5.41, 5.74) is 0. The fourth-order valence-corrected chi connectivity index (χ4v) is 3.54. The van der Waals surface area contributed by atoms with Gasteiger partial charge in [0.1, 0.15) is 0 Å². The highest BCUT2D eigenvalue weighted by atomic mass is 32.2. The maximum Gasteiger partial charge on any atom is 0.313 e. The third kappa shape index (κ3) is 2.86. The third-order valence-electron chi connectivity index (χ3n) is 1.32. The molecule has 0 bridgehead atoms. The number of aliphatic carboxylic acids is 1. The van der Waals surface area contributed by atoms with Gasteiger partial charge in [-0.1, -0.05) is 6.08 Å². The number of hydrogen-bond acceptors (Lipinski definition) is 4. The molecule has 0 saturated heterocycles. The Balaban J connectivity index is 2.40. The topological polar surface area (TPSA) is 71.4 Å². The molecule has 1 aliphatic rings. The Kier molecular flexibility index (Phi) is 2.79. The summed E-state index contributed by atoms with van der Waals surface area (Å²) in [5.74, 6) is -0.937. The van der Waals surface area contributed by atoms with Gasteiger partial charge in [0, 0.05) is 10.7 Å². The van der Waals surface area contributed by atoms with Crippen LogP contribution in [0, 0.1) is 0 Å². The van der Waals surface area contributed by atoms with E-state index in [2.05, 4.69) is 0 Å². The number of hydrogen-bond donors (Lipinski definition) is 1. The van der Waals surface area contributed by atoms with Crippen molar-refractivity contribution >= 4 is 27.6 Å². The Hall–Kier alpha value is -0.490. The highest BCUT2D eigenvalue weighted by Crippen LogP contribution is 2.20. The van der Waals surface area contributed by atoms with Crippen LogP contribution in [0.5, 0.6) is 0 Å². The van der Waals surface area contributed by atoms with Crippen molar-refractivity contribution in [2.45, 2.75) is 5.25 Å². The summed E-state index contributed by atoms with van der Waals surface area (Å²) in [6, 6.07) is 0. The van der Waals surface area contributed by atoms with Crippen molar-refractivity contribution in [2.24, 2.45) is 0 Å². The highest BCUT2D eigenvalue weighted by Gasteiger charge is 2.22. The molecule has 0 aromatic rings. The van der Waals surface area contributed by atoms with Crippen LogP contribution in [0.25, 0.3) is 0 Å². The zero-order chi connectivity index (χ0) is 9.19. The molecule has 0 aromatic heterocycles. The van der Waals surface area contributed by atoms with Gasteiger partial charge in [0.2, 0.25) is 0 Å². The molecule has 4 nitrogen and oxygen atoms in total. The molecule has 1 atom stereocenters. The maximum atomic E-state index is 10.8. The molecule has 1 aliphatic heterocycles. The highest BCUT2D eigenvalue weighted by molar-refractivity contribution is 8.03. The second-order valence-corrected chi connectivity index (χ2v) is 5.56. The molecule has 12 heavy (non-hydrogen) atoms. The van der Waals surface area contributed by atoms with E-state index in [-0.39, 0.29) is 16.8 Å². The molecule has 0 spiro atoms. The van der Waals surface area contributed by atoms with Crippen LogP contribution in [0.1, 0.15) is 0 Å². The number of thioether (sulfide) groups is 1. The summed E-state index contributed by atoms with van der Waals surface area (Å²) < 4.78 is 21.7.